The minimum absolute atomic E-state index is 0.573. The summed E-state index contributed by atoms with van der Waals surface area (Å²) in [5.41, 5.74) is 0.634. The topological polar surface area (TPSA) is 49.8 Å². The Morgan fingerprint density at radius 2 is 2.12 bits per heavy atom. The van der Waals surface area contributed by atoms with Crippen LogP contribution >= 0.6 is 15.9 Å². The Morgan fingerprint density at radius 3 is 2.56 bits per heavy atom. The molecule has 1 atom stereocenters. The van der Waals surface area contributed by atoms with Crippen molar-refractivity contribution in [3.05, 3.63) is 28.2 Å². The standard InChI is InChI=1S/C11H14BrNO3/c1-13(2)10(11(14)15)8-6-7(12)4-5-9(8)16-3/h4-6,10H,1-3H3,(H,14,15). The lowest BCUT2D eigenvalue weighted by Gasteiger charge is -2.22. The van der Waals surface area contributed by atoms with Crippen LogP contribution < -0.4 is 4.74 Å². The predicted molar refractivity (Wildman–Crippen MR) is 64.8 cm³/mol. The highest BCUT2D eigenvalue weighted by Crippen LogP contribution is 2.31. The van der Waals surface area contributed by atoms with E-state index in [1.807, 2.05) is 6.07 Å². The summed E-state index contributed by atoms with van der Waals surface area (Å²) >= 11 is 3.33. The van der Waals surface area contributed by atoms with Gasteiger partial charge in [-0.05, 0) is 32.3 Å². The van der Waals surface area contributed by atoms with Crippen molar-refractivity contribution in [2.75, 3.05) is 21.2 Å². The molecule has 0 aliphatic carbocycles. The Labute approximate surface area is 103 Å². The molecule has 0 bridgehead atoms. The highest BCUT2D eigenvalue weighted by atomic mass is 79.9. The molecule has 0 saturated carbocycles. The van der Waals surface area contributed by atoms with Gasteiger partial charge in [-0.1, -0.05) is 15.9 Å². The summed E-state index contributed by atoms with van der Waals surface area (Å²) in [6, 6.07) is 4.61. The number of likely N-dealkylation sites (N-methyl/N-ethyl adjacent to an activating group) is 1. The minimum Gasteiger partial charge on any atom is -0.496 e. The highest BCUT2D eigenvalue weighted by molar-refractivity contribution is 9.10. The number of carboxylic acid groups (broad SMARTS) is 1. The first-order valence-corrected chi connectivity index (χ1v) is 5.49. The molecule has 0 saturated heterocycles. The molecule has 5 heteroatoms. The van der Waals surface area contributed by atoms with Crippen LogP contribution in [0.25, 0.3) is 0 Å². The molecule has 1 N–H and O–H groups in total. The summed E-state index contributed by atoms with van der Waals surface area (Å²) in [4.78, 5) is 12.8. The number of hydrogen-bond donors (Lipinski definition) is 1. The molecule has 0 aliphatic heterocycles. The van der Waals surface area contributed by atoms with Gasteiger partial charge in [-0.2, -0.15) is 0 Å². The lowest BCUT2D eigenvalue weighted by atomic mass is 10.1. The van der Waals surface area contributed by atoms with Crippen molar-refractivity contribution in [1.29, 1.82) is 0 Å². The maximum absolute atomic E-state index is 11.2. The first kappa shape index (κ1) is 13.0. The van der Waals surface area contributed by atoms with Crippen molar-refractivity contribution >= 4 is 21.9 Å². The van der Waals surface area contributed by atoms with Crippen LogP contribution in [0.3, 0.4) is 0 Å². The maximum Gasteiger partial charge on any atom is 0.325 e. The number of nitrogens with zero attached hydrogens (tertiary/aromatic N) is 1. The van der Waals surface area contributed by atoms with Gasteiger partial charge in [0.2, 0.25) is 0 Å². The molecule has 88 valence electrons. The number of carbonyl (C=O) groups is 1. The Morgan fingerprint density at radius 1 is 1.50 bits per heavy atom. The molecule has 1 rings (SSSR count). The van der Waals surface area contributed by atoms with E-state index in [2.05, 4.69) is 15.9 Å². The van der Waals surface area contributed by atoms with Gasteiger partial charge in [0.1, 0.15) is 11.8 Å². The molecule has 1 aromatic rings. The highest BCUT2D eigenvalue weighted by Gasteiger charge is 2.25. The van der Waals surface area contributed by atoms with Gasteiger partial charge in [-0.15, -0.1) is 0 Å². The van der Waals surface area contributed by atoms with Gasteiger partial charge in [0.05, 0.1) is 7.11 Å². The molecular formula is C11H14BrNO3. The zero-order chi connectivity index (χ0) is 12.3. The second-order valence-corrected chi connectivity index (χ2v) is 4.51. The van der Waals surface area contributed by atoms with Gasteiger partial charge in [0.15, 0.2) is 0 Å². The third-order valence-corrected chi connectivity index (χ3v) is 2.73. The Kier molecular flexibility index (Phi) is 4.32. The molecule has 0 spiro atoms. The van der Waals surface area contributed by atoms with E-state index in [1.54, 1.807) is 31.1 Å². The lowest BCUT2D eigenvalue weighted by molar-refractivity contribution is -0.142. The summed E-state index contributed by atoms with van der Waals surface area (Å²) in [5, 5.41) is 9.20. The van der Waals surface area contributed by atoms with Crippen LogP contribution in [0, 0.1) is 0 Å². The average molecular weight is 288 g/mol. The molecule has 0 heterocycles. The molecule has 1 unspecified atom stereocenters. The predicted octanol–water partition coefficient (Wildman–Crippen LogP) is 2.14. The molecule has 16 heavy (non-hydrogen) atoms. The van der Waals surface area contributed by atoms with Crippen LogP contribution in [-0.4, -0.2) is 37.2 Å². The number of methoxy groups -OCH3 is 1. The van der Waals surface area contributed by atoms with Crippen LogP contribution in [0.4, 0.5) is 0 Å². The smallest absolute Gasteiger partial charge is 0.325 e. The molecule has 0 amide bonds. The molecule has 0 aromatic heterocycles. The van der Waals surface area contributed by atoms with Crippen LogP contribution in [-0.2, 0) is 4.79 Å². The van der Waals surface area contributed by atoms with Gasteiger partial charge in [0.25, 0.3) is 0 Å². The van der Waals surface area contributed by atoms with Crippen molar-refractivity contribution in [3.8, 4) is 5.75 Å². The van der Waals surface area contributed by atoms with E-state index in [-0.39, 0.29) is 0 Å². The van der Waals surface area contributed by atoms with Crippen molar-refractivity contribution in [1.82, 2.24) is 4.90 Å². The van der Waals surface area contributed by atoms with E-state index >= 15 is 0 Å². The van der Waals surface area contributed by atoms with E-state index in [0.717, 1.165) is 4.47 Å². The maximum atomic E-state index is 11.2. The van der Waals surface area contributed by atoms with E-state index in [9.17, 15) is 9.90 Å². The molecule has 0 aliphatic rings. The summed E-state index contributed by atoms with van der Waals surface area (Å²) in [6.45, 7) is 0. The monoisotopic (exact) mass is 287 g/mol. The number of benzene rings is 1. The zero-order valence-electron chi connectivity index (χ0n) is 9.40. The SMILES string of the molecule is COc1ccc(Br)cc1C(C(=O)O)N(C)C. The van der Waals surface area contributed by atoms with Crippen molar-refractivity contribution < 1.29 is 14.6 Å². The first-order valence-electron chi connectivity index (χ1n) is 4.70. The average Bonchev–Trinajstić information content (AvgIpc) is 2.17. The lowest BCUT2D eigenvalue weighted by Crippen LogP contribution is -2.27. The van der Waals surface area contributed by atoms with E-state index in [4.69, 9.17) is 4.74 Å². The fourth-order valence-corrected chi connectivity index (χ4v) is 1.93. The van der Waals surface area contributed by atoms with Crippen LogP contribution in [0.1, 0.15) is 11.6 Å². The van der Waals surface area contributed by atoms with Gasteiger partial charge in [-0.3, -0.25) is 9.69 Å². The van der Waals surface area contributed by atoms with Crippen LogP contribution in [0.2, 0.25) is 0 Å². The largest absolute Gasteiger partial charge is 0.496 e. The second kappa shape index (κ2) is 5.32. The van der Waals surface area contributed by atoms with Crippen molar-refractivity contribution in [2.24, 2.45) is 0 Å². The van der Waals surface area contributed by atoms with Crippen molar-refractivity contribution in [3.63, 3.8) is 0 Å². The third kappa shape index (κ3) is 2.74. The Hall–Kier alpha value is -1.07. The summed E-state index contributed by atoms with van der Waals surface area (Å²) < 4.78 is 6.00. The Balaban J connectivity index is 3.26. The summed E-state index contributed by atoms with van der Waals surface area (Å²) in [5.74, 6) is -0.328. The van der Waals surface area contributed by atoms with E-state index in [1.165, 1.54) is 7.11 Å². The Bertz CT molecular complexity index is 393. The number of aliphatic carboxylic acids is 1. The minimum atomic E-state index is -0.901. The molecule has 4 nitrogen and oxygen atoms in total. The molecule has 1 aromatic carbocycles. The number of ether oxygens (including phenoxy) is 1. The van der Waals surface area contributed by atoms with E-state index in [0.29, 0.717) is 11.3 Å². The van der Waals surface area contributed by atoms with Gasteiger partial charge in [-0.25, -0.2) is 0 Å². The van der Waals surface area contributed by atoms with Crippen LogP contribution in [0.15, 0.2) is 22.7 Å². The quantitative estimate of drug-likeness (QED) is 0.922. The van der Waals surface area contributed by atoms with Crippen molar-refractivity contribution in [2.45, 2.75) is 6.04 Å². The zero-order valence-corrected chi connectivity index (χ0v) is 11.0. The summed E-state index contributed by atoms with van der Waals surface area (Å²) in [7, 11) is 4.97. The number of carboxylic acids is 1. The van der Waals surface area contributed by atoms with Gasteiger partial charge < -0.3 is 9.84 Å². The molecule has 0 fully saturated rings. The molecular weight excluding hydrogens is 274 g/mol. The summed E-state index contributed by atoms with van der Waals surface area (Å²) in [6.07, 6.45) is 0. The number of halogens is 1. The number of hydrogen-bond acceptors (Lipinski definition) is 3. The van der Waals surface area contributed by atoms with Gasteiger partial charge in [0, 0.05) is 10.0 Å². The third-order valence-electron chi connectivity index (χ3n) is 2.24. The van der Waals surface area contributed by atoms with Gasteiger partial charge >= 0.3 is 5.97 Å². The fraction of sp³-hybridized carbons (Fsp3) is 0.364. The second-order valence-electron chi connectivity index (χ2n) is 3.59. The normalized spacial score (nSPS) is 12.6. The fourth-order valence-electron chi connectivity index (χ4n) is 1.55. The van der Waals surface area contributed by atoms with E-state index < -0.39 is 12.0 Å². The first-order chi connectivity index (χ1) is 7.47. The molecule has 0 radical (unpaired) electrons. The number of rotatable bonds is 4. The van der Waals surface area contributed by atoms with Crippen LogP contribution in [0.5, 0.6) is 5.75 Å².